The topological polar surface area (TPSA) is 76.5 Å². The van der Waals surface area contributed by atoms with Crippen molar-refractivity contribution in [2.75, 3.05) is 0 Å². The SMILES string of the molecule is CCc1occc1C(O)Cc1ccc([N+](=O)[O-])cc1. The Morgan fingerprint density at radius 3 is 2.58 bits per heavy atom. The van der Waals surface area contributed by atoms with Crippen LogP contribution in [0.3, 0.4) is 0 Å². The van der Waals surface area contributed by atoms with Crippen molar-refractivity contribution in [3.05, 3.63) is 63.6 Å². The van der Waals surface area contributed by atoms with E-state index in [1.807, 2.05) is 6.92 Å². The average Bonchev–Trinajstić information content (AvgIpc) is 2.87. The van der Waals surface area contributed by atoms with Gasteiger partial charge in [0.15, 0.2) is 0 Å². The molecule has 0 saturated heterocycles. The van der Waals surface area contributed by atoms with Crippen LogP contribution in [0.5, 0.6) is 0 Å². The Kier molecular flexibility index (Phi) is 3.97. The zero-order valence-electron chi connectivity index (χ0n) is 10.6. The fourth-order valence-electron chi connectivity index (χ4n) is 2.02. The van der Waals surface area contributed by atoms with Gasteiger partial charge in [0.05, 0.1) is 17.3 Å². The highest BCUT2D eigenvalue weighted by molar-refractivity contribution is 5.34. The molecular weight excluding hydrogens is 246 g/mol. The van der Waals surface area contributed by atoms with Gasteiger partial charge in [-0.05, 0) is 11.6 Å². The Balaban J connectivity index is 2.10. The minimum Gasteiger partial charge on any atom is -0.469 e. The van der Waals surface area contributed by atoms with Crippen molar-refractivity contribution in [3.8, 4) is 0 Å². The maximum Gasteiger partial charge on any atom is 0.269 e. The minimum atomic E-state index is -0.657. The fraction of sp³-hybridized carbons (Fsp3) is 0.286. The lowest BCUT2D eigenvalue weighted by atomic mass is 10.0. The first-order valence-corrected chi connectivity index (χ1v) is 6.09. The highest BCUT2D eigenvalue weighted by Gasteiger charge is 2.15. The molecule has 100 valence electrons. The van der Waals surface area contributed by atoms with Gasteiger partial charge >= 0.3 is 0 Å². The largest absolute Gasteiger partial charge is 0.469 e. The highest BCUT2D eigenvalue weighted by Crippen LogP contribution is 2.24. The summed E-state index contributed by atoms with van der Waals surface area (Å²) in [5, 5.41) is 20.7. The lowest BCUT2D eigenvalue weighted by molar-refractivity contribution is -0.384. The monoisotopic (exact) mass is 261 g/mol. The van der Waals surface area contributed by atoms with E-state index in [4.69, 9.17) is 4.42 Å². The van der Waals surface area contributed by atoms with Crippen LogP contribution in [-0.2, 0) is 12.8 Å². The number of hydrogen-bond donors (Lipinski definition) is 1. The van der Waals surface area contributed by atoms with Crippen molar-refractivity contribution >= 4 is 5.69 Å². The molecular formula is C14H15NO4. The minimum absolute atomic E-state index is 0.0517. The number of nitrogens with zero attached hydrogens (tertiary/aromatic N) is 1. The Bertz CT molecular complexity index is 559. The van der Waals surface area contributed by atoms with Gasteiger partial charge in [0.1, 0.15) is 5.76 Å². The molecule has 5 heteroatoms. The van der Waals surface area contributed by atoms with Crippen LogP contribution in [0.25, 0.3) is 0 Å². The number of hydrogen-bond acceptors (Lipinski definition) is 4. The molecule has 2 rings (SSSR count). The molecule has 1 atom stereocenters. The van der Waals surface area contributed by atoms with Crippen molar-refractivity contribution in [1.29, 1.82) is 0 Å². The zero-order chi connectivity index (χ0) is 13.8. The molecule has 0 aliphatic heterocycles. The van der Waals surface area contributed by atoms with Crippen LogP contribution in [0.4, 0.5) is 5.69 Å². The second-order valence-electron chi connectivity index (χ2n) is 4.30. The summed E-state index contributed by atoms with van der Waals surface area (Å²) < 4.78 is 5.27. The molecule has 1 N–H and O–H groups in total. The third-order valence-corrected chi connectivity index (χ3v) is 3.04. The van der Waals surface area contributed by atoms with Crippen LogP contribution < -0.4 is 0 Å². The summed E-state index contributed by atoms with van der Waals surface area (Å²) in [6.45, 7) is 1.96. The second-order valence-corrected chi connectivity index (χ2v) is 4.30. The molecule has 1 heterocycles. The molecule has 1 unspecified atom stereocenters. The molecule has 1 aromatic heterocycles. The molecule has 0 radical (unpaired) electrons. The lowest BCUT2D eigenvalue weighted by Gasteiger charge is -2.10. The van der Waals surface area contributed by atoms with E-state index in [1.165, 1.54) is 12.1 Å². The summed E-state index contributed by atoms with van der Waals surface area (Å²) in [6.07, 6.45) is 2.03. The maximum absolute atomic E-state index is 10.5. The lowest BCUT2D eigenvalue weighted by Crippen LogP contribution is -2.03. The summed E-state index contributed by atoms with van der Waals surface area (Å²) >= 11 is 0. The van der Waals surface area contributed by atoms with E-state index in [2.05, 4.69) is 0 Å². The van der Waals surface area contributed by atoms with E-state index >= 15 is 0 Å². The van der Waals surface area contributed by atoms with E-state index in [1.54, 1.807) is 24.5 Å². The summed E-state index contributed by atoms with van der Waals surface area (Å²) in [7, 11) is 0. The van der Waals surface area contributed by atoms with E-state index < -0.39 is 11.0 Å². The number of rotatable bonds is 5. The number of nitro benzene ring substituents is 1. The van der Waals surface area contributed by atoms with Crippen molar-refractivity contribution in [2.45, 2.75) is 25.9 Å². The highest BCUT2D eigenvalue weighted by atomic mass is 16.6. The quantitative estimate of drug-likeness (QED) is 0.663. The molecule has 0 aliphatic carbocycles. The van der Waals surface area contributed by atoms with Gasteiger partial charge in [0, 0.05) is 30.5 Å². The third-order valence-electron chi connectivity index (χ3n) is 3.04. The molecule has 2 aromatic rings. The summed E-state index contributed by atoms with van der Waals surface area (Å²) in [6, 6.07) is 7.96. The number of aliphatic hydroxyl groups excluding tert-OH is 1. The number of non-ortho nitro benzene ring substituents is 1. The van der Waals surface area contributed by atoms with Gasteiger partial charge in [0.2, 0.25) is 0 Å². The molecule has 0 amide bonds. The summed E-state index contributed by atoms with van der Waals surface area (Å²) in [5.74, 6) is 0.773. The van der Waals surface area contributed by atoms with Crippen LogP contribution in [0.2, 0.25) is 0 Å². The van der Waals surface area contributed by atoms with Gasteiger partial charge in [-0.3, -0.25) is 10.1 Å². The van der Waals surface area contributed by atoms with Crippen LogP contribution in [0.1, 0.15) is 29.9 Å². The summed E-state index contributed by atoms with van der Waals surface area (Å²) in [5.41, 5.74) is 1.68. The number of furan rings is 1. The average molecular weight is 261 g/mol. The van der Waals surface area contributed by atoms with Crippen molar-refractivity contribution in [2.24, 2.45) is 0 Å². The molecule has 19 heavy (non-hydrogen) atoms. The van der Waals surface area contributed by atoms with Gasteiger partial charge in [-0.2, -0.15) is 0 Å². The predicted octanol–water partition coefficient (Wildman–Crippen LogP) is 3.03. The molecule has 5 nitrogen and oxygen atoms in total. The number of aliphatic hydroxyl groups is 1. The Hall–Kier alpha value is -2.14. The van der Waals surface area contributed by atoms with E-state index in [-0.39, 0.29) is 5.69 Å². The Morgan fingerprint density at radius 1 is 1.32 bits per heavy atom. The number of aryl methyl sites for hydroxylation is 1. The number of nitro groups is 1. The third kappa shape index (κ3) is 3.00. The first kappa shape index (κ1) is 13.3. The van der Waals surface area contributed by atoms with Crippen molar-refractivity contribution in [3.63, 3.8) is 0 Å². The molecule has 0 aliphatic rings. The molecule has 0 fully saturated rings. The predicted molar refractivity (Wildman–Crippen MR) is 69.8 cm³/mol. The zero-order valence-corrected chi connectivity index (χ0v) is 10.6. The van der Waals surface area contributed by atoms with E-state index in [9.17, 15) is 15.2 Å². The van der Waals surface area contributed by atoms with Crippen LogP contribution in [-0.4, -0.2) is 10.0 Å². The first-order valence-electron chi connectivity index (χ1n) is 6.09. The van der Waals surface area contributed by atoms with Gasteiger partial charge < -0.3 is 9.52 Å². The van der Waals surface area contributed by atoms with Crippen LogP contribution in [0, 0.1) is 10.1 Å². The van der Waals surface area contributed by atoms with Gasteiger partial charge in [-0.25, -0.2) is 0 Å². The van der Waals surface area contributed by atoms with Gasteiger partial charge in [0.25, 0.3) is 5.69 Å². The molecule has 0 bridgehead atoms. The fourth-order valence-corrected chi connectivity index (χ4v) is 2.02. The molecule has 0 spiro atoms. The van der Waals surface area contributed by atoms with E-state index in [0.717, 1.165) is 23.3 Å². The summed E-state index contributed by atoms with van der Waals surface area (Å²) in [4.78, 5) is 10.1. The smallest absolute Gasteiger partial charge is 0.269 e. The van der Waals surface area contributed by atoms with Gasteiger partial charge in [-0.15, -0.1) is 0 Å². The maximum atomic E-state index is 10.5. The molecule has 1 aromatic carbocycles. The normalized spacial score (nSPS) is 12.3. The Labute approximate surface area is 110 Å². The standard InChI is InChI=1S/C14H15NO4/c1-2-14-12(7-8-19-14)13(16)9-10-3-5-11(6-4-10)15(17)18/h3-8,13,16H,2,9H2,1H3. The second kappa shape index (κ2) is 5.67. The van der Waals surface area contributed by atoms with Crippen LogP contribution >= 0.6 is 0 Å². The van der Waals surface area contributed by atoms with Gasteiger partial charge in [-0.1, -0.05) is 19.1 Å². The van der Waals surface area contributed by atoms with Crippen LogP contribution in [0.15, 0.2) is 41.0 Å². The number of benzene rings is 1. The Morgan fingerprint density at radius 2 is 2.00 bits per heavy atom. The molecule has 0 saturated carbocycles. The van der Waals surface area contributed by atoms with Crippen molar-refractivity contribution in [1.82, 2.24) is 0 Å². The van der Waals surface area contributed by atoms with E-state index in [0.29, 0.717) is 6.42 Å². The van der Waals surface area contributed by atoms with Crippen molar-refractivity contribution < 1.29 is 14.4 Å². The first-order chi connectivity index (χ1) is 9.11.